The number of rotatable bonds is 5. The Balaban J connectivity index is 2.51. The first kappa shape index (κ1) is 15.3. The number of aromatic nitrogens is 2. The molecule has 112 valence electrons. The van der Waals surface area contributed by atoms with Gasteiger partial charge in [-0.1, -0.05) is 32.0 Å². The standard InChI is InChI=1S/C17H24N4/c1-6-18-16-13(4)17(20-15(19-16)12(2)3)21(5)14-10-8-7-9-11-14/h7-12H,6H2,1-5H3,(H,18,19,20). The zero-order valence-corrected chi connectivity index (χ0v) is 13.5. The van der Waals surface area contributed by atoms with Gasteiger partial charge in [-0.15, -0.1) is 0 Å². The summed E-state index contributed by atoms with van der Waals surface area (Å²) in [6, 6.07) is 10.3. The summed E-state index contributed by atoms with van der Waals surface area (Å²) >= 11 is 0. The normalized spacial score (nSPS) is 10.8. The first-order valence-corrected chi connectivity index (χ1v) is 7.45. The molecule has 21 heavy (non-hydrogen) atoms. The molecular formula is C17H24N4. The number of nitrogens with zero attached hydrogens (tertiary/aromatic N) is 3. The molecule has 0 saturated heterocycles. The average molecular weight is 284 g/mol. The van der Waals surface area contributed by atoms with Gasteiger partial charge in [0, 0.05) is 30.8 Å². The highest BCUT2D eigenvalue weighted by molar-refractivity contribution is 5.66. The Labute approximate surface area is 127 Å². The first-order chi connectivity index (χ1) is 10.0. The van der Waals surface area contributed by atoms with E-state index < -0.39 is 0 Å². The number of hydrogen-bond donors (Lipinski definition) is 1. The van der Waals surface area contributed by atoms with Crippen LogP contribution in [0.3, 0.4) is 0 Å². The highest BCUT2D eigenvalue weighted by atomic mass is 15.2. The minimum Gasteiger partial charge on any atom is -0.370 e. The molecule has 0 saturated carbocycles. The second-order valence-corrected chi connectivity index (χ2v) is 5.46. The number of para-hydroxylation sites is 1. The van der Waals surface area contributed by atoms with Crippen LogP contribution in [0.25, 0.3) is 0 Å². The second-order valence-electron chi connectivity index (χ2n) is 5.46. The van der Waals surface area contributed by atoms with Crippen molar-refractivity contribution >= 4 is 17.3 Å². The number of nitrogens with one attached hydrogen (secondary N) is 1. The molecule has 0 spiro atoms. The van der Waals surface area contributed by atoms with Crippen molar-refractivity contribution in [3.8, 4) is 0 Å². The molecule has 0 atom stereocenters. The summed E-state index contributed by atoms with van der Waals surface area (Å²) < 4.78 is 0. The summed E-state index contributed by atoms with van der Waals surface area (Å²) in [7, 11) is 2.05. The minimum atomic E-state index is 0.297. The van der Waals surface area contributed by atoms with Gasteiger partial charge >= 0.3 is 0 Å². The molecule has 0 aliphatic rings. The molecule has 1 aromatic carbocycles. The predicted molar refractivity (Wildman–Crippen MR) is 89.5 cm³/mol. The lowest BCUT2D eigenvalue weighted by atomic mass is 10.2. The molecule has 2 aromatic rings. The van der Waals surface area contributed by atoms with Crippen LogP contribution in [0.4, 0.5) is 17.3 Å². The largest absolute Gasteiger partial charge is 0.370 e. The number of benzene rings is 1. The third-order valence-electron chi connectivity index (χ3n) is 3.46. The van der Waals surface area contributed by atoms with E-state index in [9.17, 15) is 0 Å². The van der Waals surface area contributed by atoms with Crippen LogP contribution >= 0.6 is 0 Å². The van der Waals surface area contributed by atoms with Crippen LogP contribution < -0.4 is 10.2 Å². The average Bonchev–Trinajstić information content (AvgIpc) is 2.49. The van der Waals surface area contributed by atoms with E-state index in [-0.39, 0.29) is 0 Å². The van der Waals surface area contributed by atoms with Gasteiger partial charge in [-0.3, -0.25) is 0 Å². The highest BCUT2D eigenvalue weighted by Crippen LogP contribution is 2.29. The second kappa shape index (κ2) is 6.57. The minimum absolute atomic E-state index is 0.297. The van der Waals surface area contributed by atoms with Crippen molar-refractivity contribution in [2.75, 3.05) is 23.8 Å². The van der Waals surface area contributed by atoms with Gasteiger partial charge in [0.05, 0.1) is 0 Å². The van der Waals surface area contributed by atoms with Gasteiger partial charge in [-0.25, -0.2) is 9.97 Å². The van der Waals surface area contributed by atoms with Crippen molar-refractivity contribution in [2.24, 2.45) is 0 Å². The van der Waals surface area contributed by atoms with Gasteiger partial charge in [0.2, 0.25) is 0 Å². The summed E-state index contributed by atoms with van der Waals surface area (Å²) in [6.45, 7) is 9.23. The summed E-state index contributed by atoms with van der Waals surface area (Å²) in [6.07, 6.45) is 0. The lowest BCUT2D eigenvalue weighted by molar-refractivity contribution is 0.769. The van der Waals surface area contributed by atoms with Gasteiger partial charge in [0.25, 0.3) is 0 Å². The molecule has 4 nitrogen and oxygen atoms in total. The lowest BCUT2D eigenvalue weighted by Crippen LogP contribution is -2.17. The molecule has 0 radical (unpaired) electrons. The molecule has 1 aromatic heterocycles. The molecule has 0 amide bonds. The Bertz CT molecular complexity index is 593. The lowest BCUT2D eigenvalue weighted by Gasteiger charge is -2.23. The Morgan fingerprint density at radius 2 is 1.81 bits per heavy atom. The molecule has 0 aliphatic heterocycles. The van der Waals surface area contributed by atoms with E-state index in [4.69, 9.17) is 4.98 Å². The molecular weight excluding hydrogens is 260 g/mol. The van der Waals surface area contributed by atoms with Gasteiger partial charge in [-0.05, 0) is 26.0 Å². The zero-order valence-electron chi connectivity index (χ0n) is 13.5. The summed E-state index contributed by atoms with van der Waals surface area (Å²) in [5, 5.41) is 3.34. The fraction of sp³-hybridized carbons (Fsp3) is 0.412. The molecule has 0 bridgehead atoms. The van der Waals surface area contributed by atoms with E-state index in [1.54, 1.807) is 0 Å². The van der Waals surface area contributed by atoms with Crippen molar-refractivity contribution in [2.45, 2.75) is 33.6 Å². The van der Waals surface area contributed by atoms with Crippen LogP contribution in [0.2, 0.25) is 0 Å². The van der Waals surface area contributed by atoms with Crippen LogP contribution in [0.5, 0.6) is 0 Å². The van der Waals surface area contributed by atoms with Crippen molar-refractivity contribution in [1.82, 2.24) is 9.97 Å². The van der Waals surface area contributed by atoms with Crippen molar-refractivity contribution < 1.29 is 0 Å². The van der Waals surface area contributed by atoms with Crippen LogP contribution in [-0.4, -0.2) is 23.6 Å². The van der Waals surface area contributed by atoms with E-state index >= 15 is 0 Å². The third-order valence-corrected chi connectivity index (χ3v) is 3.46. The van der Waals surface area contributed by atoms with Gasteiger partial charge in [-0.2, -0.15) is 0 Å². The van der Waals surface area contributed by atoms with Crippen LogP contribution in [0.1, 0.15) is 38.1 Å². The van der Waals surface area contributed by atoms with E-state index in [1.807, 2.05) is 25.2 Å². The Morgan fingerprint density at radius 1 is 1.14 bits per heavy atom. The zero-order chi connectivity index (χ0) is 15.4. The monoisotopic (exact) mass is 284 g/mol. The molecule has 0 unspecified atom stereocenters. The summed E-state index contributed by atoms with van der Waals surface area (Å²) in [5.74, 6) is 3.05. The van der Waals surface area contributed by atoms with Crippen molar-refractivity contribution in [3.05, 3.63) is 41.7 Å². The first-order valence-electron chi connectivity index (χ1n) is 7.45. The van der Waals surface area contributed by atoms with Crippen LogP contribution in [0, 0.1) is 6.92 Å². The van der Waals surface area contributed by atoms with Gasteiger partial charge in [0.15, 0.2) is 0 Å². The topological polar surface area (TPSA) is 41.1 Å². The Morgan fingerprint density at radius 3 is 2.38 bits per heavy atom. The highest BCUT2D eigenvalue weighted by Gasteiger charge is 2.16. The maximum absolute atomic E-state index is 4.77. The molecule has 0 fully saturated rings. The number of hydrogen-bond acceptors (Lipinski definition) is 4. The van der Waals surface area contributed by atoms with E-state index in [0.717, 1.165) is 35.3 Å². The van der Waals surface area contributed by atoms with E-state index in [0.29, 0.717) is 5.92 Å². The molecule has 2 rings (SSSR count). The maximum atomic E-state index is 4.77. The summed E-state index contributed by atoms with van der Waals surface area (Å²) in [5.41, 5.74) is 2.20. The molecule has 1 heterocycles. The SMILES string of the molecule is CCNc1nc(C(C)C)nc(N(C)c2ccccc2)c1C. The summed E-state index contributed by atoms with van der Waals surface area (Å²) in [4.78, 5) is 11.5. The fourth-order valence-electron chi connectivity index (χ4n) is 2.22. The molecule has 0 aliphatic carbocycles. The Hall–Kier alpha value is -2.10. The van der Waals surface area contributed by atoms with E-state index in [2.05, 4.69) is 55.0 Å². The van der Waals surface area contributed by atoms with E-state index in [1.165, 1.54) is 0 Å². The predicted octanol–water partition coefficient (Wildman–Crippen LogP) is 4.11. The van der Waals surface area contributed by atoms with Crippen molar-refractivity contribution in [1.29, 1.82) is 0 Å². The quantitative estimate of drug-likeness (QED) is 0.897. The smallest absolute Gasteiger partial charge is 0.141 e. The van der Waals surface area contributed by atoms with Crippen LogP contribution in [0.15, 0.2) is 30.3 Å². The van der Waals surface area contributed by atoms with Crippen LogP contribution in [-0.2, 0) is 0 Å². The maximum Gasteiger partial charge on any atom is 0.141 e. The van der Waals surface area contributed by atoms with Gasteiger partial charge in [0.1, 0.15) is 17.5 Å². The third kappa shape index (κ3) is 3.32. The number of anilines is 3. The fourth-order valence-corrected chi connectivity index (χ4v) is 2.22. The van der Waals surface area contributed by atoms with Crippen molar-refractivity contribution in [3.63, 3.8) is 0 Å². The molecule has 1 N–H and O–H groups in total. The van der Waals surface area contributed by atoms with Gasteiger partial charge < -0.3 is 10.2 Å². The molecule has 4 heteroatoms. The Kier molecular flexibility index (Phi) is 4.78.